The molecule has 0 bridgehead atoms. The summed E-state index contributed by atoms with van der Waals surface area (Å²) < 4.78 is 4.55. The number of rotatable bonds is 2. The summed E-state index contributed by atoms with van der Waals surface area (Å²) >= 11 is 0. The summed E-state index contributed by atoms with van der Waals surface area (Å²) in [6.45, 7) is 2.46. The second-order valence-electron chi connectivity index (χ2n) is 0.740. The Morgan fingerprint density at radius 3 is 2.67 bits per heavy atom. The van der Waals surface area contributed by atoms with Gasteiger partial charge in [-0.3, -0.25) is 0 Å². The van der Waals surface area contributed by atoms with Crippen molar-refractivity contribution >= 4 is 0 Å². The fourth-order valence-electron chi connectivity index (χ4n) is 0.139. The lowest BCUT2D eigenvalue weighted by Crippen LogP contribution is -1.74. The van der Waals surface area contributed by atoms with Crippen LogP contribution in [0.1, 0.15) is 6.92 Å². The van der Waals surface area contributed by atoms with Gasteiger partial charge in [-0.25, -0.2) is 0 Å². The number of hydrogen-bond donors (Lipinski definition) is 1. The van der Waals surface area contributed by atoms with E-state index in [0.717, 1.165) is 6.26 Å². The van der Waals surface area contributed by atoms with Crippen molar-refractivity contribution in [2.24, 2.45) is 0 Å². The Balaban J connectivity index is 2.66. The second kappa shape index (κ2) is 4.34. The molecule has 0 unspecified atom stereocenters. The quantitative estimate of drug-likeness (QED) is 0.511. The molecule has 0 heterocycles. The van der Waals surface area contributed by atoms with Gasteiger partial charge in [-0.15, -0.1) is 0 Å². The lowest BCUT2D eigenvalue weighted by atomic mass is 10.9. The maximum absolute atomic E-state index is 7.89. The van der Waals surface area contributed by atoms with Crippen molar-refractivity contribution in [2.75, 3.05) is 6.61 Å². The van der Waals surface area contributed by atoms with E-state index in [2.05, 4.69) is 4.74 Å². The highest BCUT2D eigenvalue weighted by atomic mass is 16.5. The van der Waals surface area contributed by atoms with E-state index in [9.17, 15) is 0 Å². The Hall–Kier alpha value is -0.660. The SMILES string of the molecule is CCO/C=C/O. The molecule has 1 N–H and O–H groups in total. The van der Waals surface area contributed by atoms with E-state index >= 15 is 0 Å². The van der Waals surface area contributed by atoms with Gasteiger partial charge in [0.05, 0.1) is 6.61 Å². The average molecular weight is 88.1 g/mol. The molecule has 0 saturated carbocycles. The highest BCUT2D eigenvalue weighted by Crippen LogP contribution is 1.69. The van der Waals surface area contributed by atoms with Crippen LogP contribution in [-0.4, -0.2) is 11.7 Å². The van der Waals surface area contributed by atoms with Crippen molar-refractivity contribution in [2.45, 2.75) is 6.92 Å². The van der Waals surface area contributed by atoms with Gasteiger partial charge in [0.1, 0.15) is 12.5 Å². The molecular weight excluding hydrogens is 80.0 g/mol. The van der Waals surface area contributed by atoms with E-state index in [1.165, 1.54) is 6.26 Å². The molecule has 0 atom stereocenters. The largest absolute Gasteiger partial charge is 0.512 e. The summed E-state index contributed by atoms with van der Waals surface area (Å²) in [7, 11) is 0. The minimum atomic E-state index is 0.608. The summed E-state index contributed by atoms with van der Waals surface area (Å²) in [5.74, 6) is 0. The third-order valence-electron chi connectivity index (χ3n) is 0.324. The van der Waals surface area contributed by atoms with Crippen LogP contribution in [-0.2, 0) is 4.74 Å². The van der Waals surface area contributed by atoms with Crippen LogP contribution in [0.5, 0.6) is 0 Å². The molecule has 0 aliphatic rings. The Morgan fingerprint density at radius 1 is 1.83 bits per heavy atom. The van der Waals surface area contributed by atoms with Crippen LogP contribution in [0, 0.1) is 0 Å². The first kappa shape index (κ1) is 5.34. The van der Waals surface area contributed by atoms with Crippen molar-refractivity contribution in [3.8, 4) is 0 Å². The molecule has 0 saturated heterocycles. The maximum atomic E-state index is 7.89. The van der Waals surface area contributed by atoms with E-state index in [1.54, 1.807) is 0 Å². The van der Waals surface area contributed by atoms with Crippen LogP contribution < -0.4 is 0 Å². The van der Waals surface area contributed by atoms with Crippen molar-refractivity contribution in [3.63, 3.8) is 0 Å². The van der Waals surface area contributed by atoms with Gasteiger partial charge in [0, 0.05) is 0 Å². The van der Waals surface area contributed by atoms with Crippen LogP contribution in [0.2, 0.25) is 0 Å². The van der Waals surface area contributed by atoms with Gasteiger partial charge in [-0.1, -0.05) is 0 Å². The first-order valence-electron chi connectivity index (χ1n) is 1.82. The summed E-state index contributed by atoms with van der Waals surface area (Å²) in [5.41, 5.74) is 0. The predicted octanol–water partition coefficient (Wildman–Crippen LogP) is 1.05. The van der Waals surface area contributed by atoms with Gasteiger partial charge in [0.15, 0.2) is 0 Å². The maximum Gasteiger partial charge on any atom is 0.117 e. The first-order valence-corrected chi connectivity index (χ1v) is 1.82. The number of ether oxygens (including phenoxy) is 1. The zero-order valence-corrected chi connectivity index (χ0v) is 3.72. The van der Waals surface area contributed by atoms with Crippen LogP contribution in [0.25, 0.3) is 0 Å². The second-order valence-corrected chi connectivity index (χ2v) is 0.740. The van der Waals surface area contributed by atoms with Gasteiger partial charge >= 0.3 is 0 Å². The topological polar surface area (TPSA) is 29.5 Å². The molecule has 0 spiro atoms. The molecule has 2 heteroatoms. The molecule has 0 aromatic heterocycles. The summed E-state index contributed by atoms with van der Waals surface area (Å²) in [4.78, 5) is 0. The lowest BCUT2D eigenvalue weighted by Gasteiger charge is -1.85. The van der Waals surface area contributed by atoms with Gasteiger partial charge in [-0.2, -0.15) is 0 Å². The third-order valence-corrected chi connectivity index (χ3v) is 0.324. The molecule has 0 aliphatic carbocycles. The summed E-state index contributed by atoms with van der Waals surface area (Å²) in [6.07, 6.45) is 2.10. The van der Waals surface area contributed by atoms with Crippen LogP contribution >= 0.6 is 0 Å². The van der Waals surface area contributed by atoms with E-state index < -0.39 is 0 Å². The van der Waals surface area contributed by atoms with Gasteiger partial charge in [0.2, 0.25) is 0 Å². The smallest absolute Gasteiger partial charge is 0.117 e. The first-order chi connectivity index (χ1) is 2.91. The van der Waals surface area contributed by atoms with Crippen LogP contribution in [0.4, 0.5) is 0 Å². The normalized spacial score (nSPS) is 9.50. The Morgan fingerprint density at radius 2 is 2.50 bits per heavy atom. The number of aliphatic hydroxyl groups excluding tert-OH is 1. The van der Waals surface area contributed by atoms with Gasteiger partial charge < -0.3 is 9.84 Å². The monoisotopic (exact) mass is 88.1 g/mol. The molecule has 0 aromatic rings. The molecular formula is C4H8O2. The number of aliphatic hydroxyl groups is 1. The Labute approximate surface area is 37.1 Å². The zero-order chi connectivity index (χ0) is 4.83. The highest BCUT2D eigenvalue weighted by molar-refractivity contribution is 4.54. The molecule has 6 heavy (non-hydrogen) atoms. The fraction of sp³-hybridized carbons (Fsp3) is 0.500. The van der Waals surface area contributed by atoms with Crippen LogP contribution in [0.3, 0.4) is 0 Å². The third kappa shape index (κ3) is 3.34. The molecule has 0 fully saturated rings. The Kier molecular flexibility index (Phi) is 3.86. The lowest BCUT2D eigenvalue weighted by molar-refractivity contribution is 0.256. The average Bonchev–Trinajstić information content (AvgIpc) is 1.61. The number of hydrogen-bond acceptors (Lipinski definition) is 2. The zero-order valence-electron chi connectivity index (χ0n) is 3.72. The van der Waals surface area contributed by atoms with Crippen molar-refractivity contribution in [1.82, 2.24) is 0 Å². The summed E-state index contributed by atoms with van der Waals surface area (Å²) in [6, 6.07) is 0. The highest BCUT2D eigenvalue weighted by Gasteiger charge is 1.61. The molecule has 36 valence electrons. The van der Waals surface area contributed by atoms with E-state index in [4.69, 9.17) is 5.11 Å². The minimum absolute atomic E-state index is 0.608. The van der Waals surface area contributed by atoms with Crippen molar-refractivity contribution in [1.29, 1.82) is 0 Å². The Bertz CT molecular complexity index is 40.8. The standard InChI is InChI=1S/C4H8O2/c1-2-6-4-3-5/h3-5H,2H2,1H3/b4-3+. The predicted molar refractivity (Wildman–Crippen MR) is 23.4 cm³/mol. The summed E-state index contributed by atoms with van der Waals surface area (Å²) in [5, 5.41) is 7.89. The molecule has 0 aliphatic heterocycles. The minimum Gasteiger partial charge on any atom is -0.512 e. The van der Waals surface area contributed by atoms with E-state index in [1.807, 2.05) is 6.92 Å². The molecule has 0 radical (unpaired) electrons. The van der Waals surface area contributed by atoms with E-state index in [0.29, 0.717) is 6.61 Å². The van der Waals surface area contributed by atoms with Crippen molar-refractivity contribution in [3.05, 3.63) is 12.5 Å². The van der Waals surface area contributed by atoms with Gasteiger partial charge in [-0.05, 0) is 6.92 Å². The molecule has 0 aromatic carbocycles. The van der Waals surface area contributed by atoms with Gasteiger partial charge in [0.25, 0.3) is 0 Å². The van der Waals surface area contributed by atoms with E-state index in [-0.39, 0.29) is 0 Å². The fourth-order valence-corrected chi connectivity index (χ4v) is 0.139. The van der Waals surface area contributed by atoms with Crippen LogP contribution in [0.15, 0.2) is 12.5 Å². The molecule has 0 rings (SSSR count). The van der Waals surface area contributed by atoms with Crippen molar-refractivity contribution < 1.29 is 9.84 Å². The molecule has 2 nitrogen and oxygen atoms in total. The molecule has 0 amide bonds.